The molecule has 0 aromatic heterocycles. The number of halogens is 1. The SMILES string of the molecule is CC1CCCC1OCC(O)CNC(C)(C)C.Cl. The molecule has 0 aliphatic heterocycles. The average Bonchev–Trinajstić information content (AvgIpc) is 2.57. The van der Waals surface area contributed by atoms with Crippen LogP contribution in [0.5, 0.6) is 0 Å². The van der Waals surface area contributed by atoms with Gasteiger partial charge in [0.05, 0.1) is 18.8 Å². The molecular formula is C13H28ClNO2. The first kappa shape index (κ1) is 17.2. The van der Waals surface area contributed by atoms with E-state index in [1.54, 1.807) is 0 Å². The number of ether oxygens (including phenoxy) is 1. The molecule has 104 valence electrons. The van der Waals surface area contributed by atoms with E-state index in [-0.39, 0.29) is 17.9 Å². The molecule has 4 heteroatoms. The van der Waals surface area contributed by atoms with Crippen LogP contribution in [-0.2, 0) is 4.74 Å². The Morgan fingerprint density at radius 2 is 2.00 bits per heavy atom. The lowest BCUT2D eigenvalue weighted by Gasteiger charge is -2.24. The Morgan fingerprint density at radius 1 is 1.35 bits per heavy atom. The Kier molecular flexibility index (Phi) is 7.65. The molecule has 0 bridgehead atoms. The van der Waals surface area contributed by atoms with E-state index < -0.39 is 6.10 Å². The van der Waals surface area contributed by atoms with Crippen molar-refractivity contribution in [3.63, 3.8) is 0 Å². The molecule has 17 heavy (non-hydrogen) atoms. The molecule has 1 aliphatic carbocycles. The summed E-state index contributed by atoms with van der Waals surface area (Å²) in [6, 6.07) is 0. The molecule has 1 fully saturated rings. The monoisotopic (exact) mass is 265 g/mol. The molecule has 0 radical (unpaired) electrons. The molecule has 1 aliphatic rings. The number of hydrogen-bond acceptors (Lipinski definition) is 3. The fourth-order valence-corrected chi connectivity index (χ4v) is 2.08. The molecule has 0 amide bonds. The summed E-state index contributed by atoms with van der Waals surface area (Å²) in [5, 5.41) is 13.0. The maximum atomic E-state index is 9.77. The number of nitrogens with one attached hydrogen (secondary N) is 1. The molecule has 3 unspecified atom stereocenters. The summed E-state index contributed by atoms with van der Waals surface area (Å²) in [6.07, 6.45) is 3.65. The maximum absolute atomic E-state index is 9.77. The predicted octanol–water partition coefficient (Wildman–Crippen LogP) is 2.36. The lowest BCUT2D eigenvalue weighted by atomic mass is 10.1. The fourth-order valence-electron chi connectivity index (χ4n) is 2.08. The van der Waals surface area contributed by atoms with Crippen molar-refractivity contribution < 1.29 is 9.84 Å². The molecule has 1 saturated carbocycles. The van der Waals surface area contributed by atoms with Gasteiger partial charge in [-0.1, -0.05) is 13.3 Å². The second-order valence-corrected chi connectivity index (χ2v) is 6.06. The maximum Gasteiger partial charge on any atom is 0.0898 e. The van der Waals surface area contributed by atoms with E-state index in [9.17, 15) is 5.11 Å². The van der Waals surface area contributed by atoms with Crippen molar-refractivity contribution in [3.05, 3.63) is 0 Å². The van der Waals surface area contributed by atoms with Crippen LogP contribution in [0.25, 0.3) is 0 Å². The summed E-state index contributed by atoms with van der Waals surface area (Å²) >= 11 is 0. The summed E-state index contributed by atoms with van der Waals surface area (Å²) in [5.74, 6) is 0.655. The highest BCUT2D eigenvalue weighted by molar-refractivity contribution is 5.85. The molecule has 3 nitrogen and oxygen atoms in total. The summed E-state index contributed by atoms with van der Waals surface area (Å²) in [6.45, 7) is 9.58. The molecule has 0 saturated heterocycles. The highest BCUT2D eigenvalue weighted by atomic mass is 35.5. The zero-order chi connectivity index (χ0) is 12.2. The van der Waals surface area contributed by atoms with Gasteiger partial charge in [0.1, 0.15) is 0 Å². The van der Waals surface area contributed by atoms with Gasteiger partial charge in [-0.05, 0) is 39.5 Å². The fraction of sp³-hybridized carbons (Fsp3) is 1.00. The summed E-state index contributed by atoms with van der Waals surface area (Å²) in [4.78, 5) is 0. The zero-order valence-electron chi connectivity index (χ0n) is 11.5. The van der Waals surface area contributed by atoms with Gasteiger partial charge in [0.2, 0.25) is 0 Å². The Bertz CT molecular complexity index is 206. The summed E-state index contributed by atoms with van der Waals surface area (Å²) in [5.41, 5.74) is 0.0572. The molecule has 0 spiro atoms. The minimum atomic E-state index is -0.396. The van der Waals surface area contributed by atoms with Crippen LogP contribution in [0.3, 0.4) is 0 Å². The normalized spacial score (nSPS) is 26.6. The first-order valence-corrected chi connectivity index (χ1v) is 6.43. The van der Waals surface area contributed by atoms with Crippen LogP contribution in [0.15, 0.2) is 0 Å². The van der Waals surface area contributed by atoms with Gasteiger partial charge in [0.25, 0.3) is 0 Å². The predicted molar refractivity (Wildman–Crippen MR) is 73.8 cm³/mol. The molecule has 0 heterocycles. The molecule has 0 aromatic carbocycles. The number of aliphatic hydroxyl groups excluding tert-OH is 1. The van der Waals surface area contributed by atoms with E-state index in [1.807, 2.05) is 0 Å². The van der Waals surface area contributed by atoms with E-state index in [2.05, 4.69) is 33.0 Å². The first-order valence-electron chi connectivity index (χ1n) is 6.43. The Balaban J connectivity index is 0.00000256. The van der Waals surface area contributed by atoms with Gasteiger partial charge in [0, 0.05) is 12.1 Å². The van der Waals surface area contributed by atoms with Crippen LogP contribution in [0.4, 0.5) is 0 Å². The lowest BCUT2D eigenvalue weighted by molar-refractivity contribution is -0.0224. The van der Waals surface area contributed by atoms with Crippen molar-refractivity contribution in [2.24, 2.45) is 5.92 Å². The van der Waals surface area contributed by atoms with E-state index in [0.717, 1.165) is 6.42 Å². The quantitative estimate of drug-likeness (QED) is 0.802. The minimum Gasteiger partial charge on any atom is -0.389 e. The van der Waals surface area contributed by atoms with Crippen molar-refractivity contribution in [2.45, 2.75) is 64.7 Å². The van der Waals surface area contributed by atoms with Gasteiger partial charge in [-0.2, -0.15) is 0 Å². The van der Waals surface area contributed by atoms with Gasteiger partial charge in [0.15, 0.2) is 0 Å². The average molecular weight is 266 g/mol. The Morgan fingerprint density at radius 3 is 2.47 bits per heavy atom. The number of β-amino-alcohol motifs (C(OH)–C–C–N with tert-alkyl or cyclic N) is 1. The third-order valence-electron chi connectivity index (χ3n) is 3.15. The van der Waals surface area contributed by atoms with Gasteiger partial charge in [-0.25, -0.2) is 0 Å². The van der Waals surface area contributed by atoms with Gasteiger partial charge in [-0.3, -0.25) is 0 Å². The van der Waals surface area contributed by atoms with Crippen LogP contribution in [-0.4, -0.2) is 36.0 Å². The Hall–Kier alpha value is 0.170. The van der Waals surface area contributed by atoms with Crippen molar-refractivity contribution in [2.75, 3.05) is 13.2 Å². The molecule has 3 atom stereocenters. The van der Waals surface area contributed by atoms with Crippen LogP contribution >= 0.6 is 12.4 Å². The number of rotatable bonds is 5. The van der Waals surface area contributed by atoms with Crippen LogP contribution in [0, 0.1) is 5.92 Å². The van der Waals surface area contributed by atoms with Crippen molar-refractivity contribution in [1.29, 1.82) is 0 Å². The van der Waals surface area contributed by atoms with E-state index in [4.69, 9.17) is 4.74 Å². The van der Waals surface area contributed by atoms with E-state index in [1.165, 1.54) is 12.8 Å². The lowest BCUT2D eigenvalue weighted by Crippen LogP contribution is -2.42. The third kappa shape index (κ3) is 7.24. The smallest absolute Gasteiger partial charge is 0.0898 e. The van der Waals surface area contributed by atoms with Crippen molar-refractivity contribution in [3.8, 4) is 0 Å². The first-order chi connectivity index (χ1) is 7.38. The molecular weight excluding hydrogens is 238 g/mol. The van der Waals surface area contributed by atoms with Crippen molar-refractivity contribution >= 4 is 12.4 Å². The number of hydrogen-bond donors (Lipinski definition) is 2. The van der Waals surface area contributed by atoms with Crippen molar-refractivity contribution in [1.82, 2.24) is 5.32 Å². The second-order valence-electron chi connectivity index (χ2n) is 6.06. The summed E-state index contributed by atoms with van der Waals surface area (Å²) in [7, 11) is 0. The summed E-state index contributed by atoms with van der Waals surface area (Å²) < 4.78 is 5.75. The second kappa shape index (κ2) is 7.57. The van der Waals surface area contributed by atoms with E-state index in [0.29, 0.717) is 25.2 Å². The largest absolute Gasteiger partial charge is 0.389 e. The zero-order valence-corrected chi connectivity index (χ0v) is 12.3. The van der Waals surface area contributed by atoms with Crippen LogP contribution < -0.4 is 5.32 Å². The highest BCUT2D eigenvalue weighted by Gasteiger charge is 2.24. The molecule has 2 N–H and O–H groups in total. The van der Waals surface area contributed by atoms with E-state index >= 15 is 0 Å². The standard InChI is InChI=1S/C13H27NO2.ClH/c1-10-6-5-7-12(10)16-9-11(15)8-14-13(2,3)4;/h10-12,14-15H,5-9H2,1-4H3;1H. The highest BCUT2D eigenvalue weighted by Crippen LogP contribution is 2.27. The van der Waals surface area contributed by atoms with Gasteiger partial charge < -0.3 is 15.2 Å². The topological polar surface area (TPSA) is 41.5 Å². The molecule has 1 rings (SSSR count). The Labute approximate surface area is 112 Å². The van der Waals surface area contributed by atoms with Gasteiger partial charge >= 0.3 is 0 Å². The van der Waals surface area contributed by atoms with Gasteiger partial charge in [-0.15, -0.1) is 12.4 Å². The number of aliphatic hydroxyl groups is 1. The third-order valence-corrected chi connectivity index (χ3v) is 3.15. The minimum absolute atomic E-state index is 0. The van der Waals surface area contributed by atoms with Crippen LogP contribution in [0.1, 0.15) is 47.0 Å². The molecule has 0 aromatic rings. The van der Waals surface area contributed by atoms with Crippen LogP contribution in [0.2, 0.25) is 0 Å².